The lowest BCUT2D eigenvalue weighted by Crippen LogP contribution is -2.49. The van der Waals surface area contributed by atoms with E-state index in [1.807, 2.05) is 31.1 Å². The Hall–Kier alpha value is -4.19. The SMILES string of the molecule is CN(C)Cc1ccc(C(=O)CCC(=O)N2CCN(c3ccc(N4C[C@H](CNC(=O)OC(C)(C)C)OC4=O)cc3F)CC2)cc1. The summed E-state index contributed by atoms with van der Waals surface area (Å²) < 4.78 is 25.8. The average Bonchev–Trinajstić information content (AvgIpc) is 3.34. The summed E-state index contributed by atoms with van der Waals surface area (Å²) in [6.07, 6.45) is -1.58. The number of cyclic esters (lactones) is 1. The van der Waals surface area contributed by atoms with Crippen molar-refractivity contribution in [1.29, 1.82) is 0 Å². The maximum absolute atomic E-state index is 15.2. The number of hydrogen-bond acceptors (Lipinski definition) is 8. The van der Waals surface area contributed by atoms with Gasteiger partial charge in [0.1, 0.15) is 17.5 Å². The Bertz CT molecular complexity index is 1350. The quantitative estimate of drug-likeness (QED) is 0.401. The molecule has 1 N–H and O–H groups in total. The Kier molecular flexibility index (Phi) is 10.5. The van der Waals surface area contributed by atoms with Crippen LogP contribution in [0.1, 0.15) is 49.5 Å². The summed E-state index contributed by atoms with van der Waals surface area (Å²) in [6.45, 7) is 7.97. The van der Waals surface area contributed by atoms with Gasteiger partial charge in [0, 0.05) is 51.1 Å². The van der Waals surface area contributed by atoms with E-state index in [9.17, 15) is 19.2 Å². The van der Waals surface area contributed by atoms with Gasteiger partial charge in [0.2, 0.25) is 5.91 Å². The average molecular weight is 612 g/mol. The van der Waals surface area contributed by atoms with Crippen molar-refractivity contribution in [2.75, 3.05) is 63.2 Å². The normalized spacial score (nSPS) is 17.1. The summed E-state index contributed by atoms with van der Waals surface area (Å²) in [5.41, 5.74) is 1.79. The lowest BCUT2D eigenvalue weighted by molar-refractivity contribution is -0.131. The molecule has 3 amide bonds. The van der Waals surface area contributed by atoms with E-state index < -0.39 is 29.7 Å². The lowest BCUT2D eigenvalue weighted by atomic mass is 10.0. The van der Waals surface area contributed by atoms with Crippen LogP contribution in [-0.4, -0.2) is 98.7 Å². The third-order valence-corrected chi connectivity index (χ3v) is 7.30. The number of nitrogens with zero attached hydrogens (tertiary/aromatic N) is 4. The molecule has 0 aromatic heterocycles. The van der Waals surface area contributed by atoms with Gasteiger partial charge < -0.3 is 29.5 Å². The van der Waals surface area contributed by atoms with E-state index in [0.29, 0.717) is 43.1 Å². The summed E-state index contributed by atoms with van der Waals surface area (Å²) in [4.78, 5) is 56.7. The fraction of sp³-hybridized carbons (Fsp3) is 0.500. The Labute approximate surface area is 257 Å². The van der Waals surface area contributed by atoms with Crippen molar-refractivity contribution in [2.45, 2.75) is 51.9 Å². The number of hydrogen-bond donors (Lipinski definition) is 1. The molecule has 2 aliphatic rings. The molecule has 12 heteroatoms. The summed E-state index contributed by atoms with van der Waals surface area (Å²) in [7, 11) is 3.97. The number of ether oxygens (including phenoxy) is 2. The van der Waals surface area contributed by atoms with Crippen molar-refractivity contribution >= 4 is 35.3 Å². The number of piperazine rings is 1. The predicted octanol–water partition coefficient (Wildman–Crippen LogP) is 4.05. The Morgan fingerprint density at radius 2 is 1.70 bits per heavy atom. The molecule has 0 unspecified atom stereocenters. The van der Waals surface area contributed by atoms with Crippen LogP contribution in [0.5, 0.6) is 0 Å². The molecular weight excluding hydrogens is 569 g/mol. The number of rotatable bonds is 10. The van der Waals surface area contributed by atoms with E-state index in [4.69, 9.17) is 9.47 Å². The minimum absolute atomic E-state index is 0.0666. The first-order chi connectivity index (χ1) is 20.8. The summed E-state index contributed by atoms with van der Waals surface area (Å²) in [5, 5.41) is 2.58. The molecule has 4 rings (SSSR count). The third-order valence-electron chi connectivity index (χ3n) is 7.30. The largest absolute Gasteiger partial charge is 0.444 e. The Balaban J connectivity index is 1.24. The van der Waals surface area contributed by atoms with Crippen LogP contribution in [0.3, 0.4) is 0 Å². The van der Waals surface area contributed by atoms with Crippen LogP contribution < -0.4 is 15.1 Å². The van der Waals surface area contributed by atoms with Crippen LogP contribution >= 0.6 is 0 Å². The number of alkyl carbamates (subject to hydrolysis) is 1. The van der Waals surface area contributed by atoms with Gasteiger partial charge in [0.05, 0.1) is 24.5 Å². The number of amides is 3. The van der Waals surface area contributed by atoms with Crippen molar-refractivity contribution in [3.8, 4) is 0 Å². The monoisotopic (exact) mass is 611 g/mol. The van der Waals surface area contributed by atoms with Crippen LogP contribution in [0, 0.1) is 5.82 Å². The van der Waals surface area contributed by atoms with Crippen molar-refractivity contribution < 1.29 is 33.0 Å². The molecule has 0 aliphatic carbocycles. The summed E-state index contributed by atoms with van der Waals surface area (Å²) in [5.74, 6) is -0.656. The number of nitrogens with one attached hydrogen (secondary N) is 1. The number of ketones is 1. The highest BCUT2D eigenvalue weighted by molar-refractivity contribution is 5.98. The second-order valence-corrected chi connectivity index (χ2v) is 12.4. The molecule has 1 atom stereocenters. The zero-order valence-electron chi connectivity index (χ0n) is 26.1. The zero-order valence-corrected chi connectivity index (χ0v) is 26.1. The maximum atomic E-state index is 15.2. The topological polar surface area (TPSA) is 112 Å². The van der Waals surface area contributed by atoms with Crippen LogP contribution in [0.4, 0.5) is 25.4 Å². The molecule has 238 valence electrons. The van der Waals surface area contributed by atoms with E-state index >= 15 is 4.39 Å². The van der Waals surface area contributed by atoms with E-state index in [2.05, 4.69) is 10.2 Å². The molecule has 0 saturated carbocycles. The molecule has 2 aromatic carbocycles. The van der Waals surface area contributed by atoms with Crippen molar-refractivity contribution in [3.05, 3.63) is 59.4 Å². The van der Waals surface area contributed by atoms with Gasteiger partial charge in [-0.15, -0.1) is 0 Å². The van der Waals surface area contributed by atoms with Gasteiger partial charge >= 0.3 is 12.2 Å². The molecule has 0 radical (unpaired) electrons. The van der Waals surface area contributed by atoms with Crippen LogP contribution in [0.25, 0.3) is 0 Å². The number of Topliss-reactive ketones (excluding diaryl/α,β-unsaturated/α-hetero) is 1. The predicted molar refractivity (Wildman–Crippen MR) is 164 cm³/mol. The van der Waals surface area contributed by atoms with Gasteiger partial charge in [-0.1, -0.05) is 24.3 Å². The van der Waals surface area contributed by atoms with Crippen molar-refractivity contribution in [1.82, 2.24) is 15.1 Å². The second-order valence-electron chi connectivity index (χ2n) is 12.4. The minimum atomic E-state index is -0.649. The summed E-state index contributed by atoms with van der Waals surface area (Å²) in [6, 6.07) is 12.0. The zero-order chi connectivity index (χ0) is 32.0. The molecule has 11 nitrogen and oxygen atoms in total. The molecule has 2 fully saturated rings. The minimum Gasteiger partial charge on any atom is -0.444 e. The Morgan fingerprint density at radius 1 is 1.02 bits per heavy atom. The van der Waals surface area contributed by atoms with E-state index in [0.717, 1.165) is 12.1 Å². The molecule has 0 bridgehead atoms. The maximum Gasteiger partial charge on any atom is 0.414 e. The van der Waals surface area contributed by atoms with E-state index in [1.54, 1.807) is 49.9 Å². The number of anilines is 2. The van der Waals surface area contributed by atoms with Crippen LogP contribution in [-0.2, 0) is 20.8 Å². The highest BCUT2D eigenvalue weighted by atomic mass is 19.1. The number of halogens is 1. The highest BCUT2D eigenvalue weighted by Crippen LogP contribution is 2.29. The van der Waals surface area contributed by atoms with Crippen LogP contribution in [0.15, 0.2) is 42.5 Å². The molecule has 2 saturated heterocycles. The highest BCUT2D eigenvalue weighted by Gasteiger charge is 2.34. The number of carbonyl (C=O) groups is 4. The molecular formula is C32H42FN5O6. The molecule has 2 aliphatic heterocycles. The van der Waals surface area contributed by atoms with Gasteiger partial charge in [-0.05, 0) is 58.6 Å². The fourth-order valence-electron chi connectivity index (χ4n) is 5.15. The molecule has 2 aromatic rings. The van der Waals surface area contributed by atoms with Gasteiger partial charge in [-0.25, -0.2) is 14.0 Å². The molecule has 2 heterocycles. The second kappa shape index (κ2) is 14.1. The summed E-state index contributed by atoms with van der Waals surface area (Å²) >= 11 is 0. The third kappa shape index (κ3) is 8.91. The first-order valence-corrected chi connectivity index (χ1v) is 14.8. The van der Waals surface area contributed by atoms with Crippen molar-refractivity contribution in [2.24, 2.45) is 0 Å². The van der Waals surface area contributed by atoms with E-state index in [-0.39, 0.29) is 37.6 Å². The van der Waals surface area contributed by atoms with Crippen molar-refractivity contribution in [3.63, 3.8) is 0 Å². The van der Waals surface area contributed by atoms with Crippen LogP contribution in [0.2, 0.25) is 0 Å². The first kappa shape index (κ1) is 32.7. The van der Waals surface area contributed by atoms with Gasteiger partial charge in [-0.2, -0.15) is 0 Å². The molecule has 0 spiro atoms. The number of carbonyl (C=O) groups excluding carboxylic acids is 4. The smallest absolute Gasteiger partial charge is 0.414 e. The van der Waals surface area contributed by atoms with Gasteiger partial charge in [-0.3, -0.25) is 14.5 Å². The first-order valence-electron chi connectivity index (χ1n) is 14.8. The number of benzene rings is 2. The molecule has 44 heavy (non-hydrogen) atoms. The lowest BCUT2D eigenvalue weighted by Gasteiger charge is -2.36. The van der Waals surface area contributed by atoms with E-state index in [1.165, 1.54) is 11.0 Å². The fourth-order valence-corrected chi connectivity index (χ4v) is 5.15. The van der Waals surface area contributed by atoms with Gasteiger partial charge in [0.15, 0.2) is 5.78 Å². The van der Waals surface area contributed by atoms with Gasteiger partial charge in [0.25, 0.3) is 0 Å². The Morgan fingerprint density at radius 3 is 2.32 bits per heavy atom. The standard InChI is InChI=1S/C32H42FN5O6/c1-32(2,3)44-30(41)34-19-25-21-38(31(42)43-25)24-10-11-27(26(33)18-24)36-14-16-37(17-15-36)29(40)13-12-28(39)23-8-6-22(7-9-23)20-35(4)5/h6-11,18,25H,12-17,19-21H2,1-5H3,(H,34,41)/t25-/m0/s1.